The van der Waals surface area contributed by atoms with Crippen LogP contribution in [0.25, 0.3) is 0 Å². The minimum Gasteiger partial charge on any atom is -0.354 e. The van der Waals surface area contributed by atoms with Crippen LogP contribution in [0, 0.1) is 19.7 Å². The number of anilines is 1. The van der Waals surface area contributed by atoms with E-state index >= 15 is 0 Å². The maximum absolute atomic E-state index is 14.4. The Hall–Kier alpha value is -3.61. The van der Waals surface area contributed by atoms with Gasteiger partial charge < -0.3 is 5.32 Å². The number of aromatic nitrogens is 2. The lowest BCUT2D eigenvalue weighted by Gasteiger charge is -2.29. The van der Waals surface area contributed by atoms with Crippen LogP contribution in [0.4, 0.5) is 10.2 Å². The van der Waals surface area contributed by atoms with Crippen molar-refractivity contribution < 1.29 is 14.0 Å². The molecule has 0 spiro atoms. The zero-order valence-corrected chi connectivity index (χ0v) is 17.7. The third kappa shape index (κ3) is 4.03. The third-order valence-corrected chi connectivity index (χ3v) is 5.54. The van der Waals surface area contributed by atoms with Crippen LogP contribution in [-0.2, 0) is 12.8 Å². The van der Waals surface area contributed by atoms with Crippen LogP contribution in [0.15, 0.2) is 42.6 Å². The molecule has 1 aromatic carbocycles. The highest BCUT2D eigenvalue weighted by molar-refractivity contribution is 6.08. The highest BCUT2D eigenvalue weighted by Gasteiger charge is 2.29. The largest absolute Gasteiger partial charge is 0.354 e. The predicted molar refractivity (Wildman–Crippen MR) is 116 cm³/mol. The second-order valence-electron chi connectivity index (χ2n) is 7.71. The van der Waals surface area contributed by atoms with Gasteiger partial charge in [0.05, 0.1) is 0 Å². The quantitative estimate of drug-likeness (QED) is 0.705. The van der Waals surface area contributed by atoms with Gasteiger partial charge in [-0.1, -0.05) is 12.1 Å². The van der Waals surface area contributed by atoms with Gasteiger partial charge in [-0.2, -0.15) is 0 Å². The van der Waals surface area contributed by atoms with Crippen molar-refractivity contribution >= 4 is 17.6 Å². The zero-order chi connectivity index (χ0) is 22.1. The lowest BCUT2D eigenvalue weighted by Crippen LogP contribution is -2.39. The molecule has 0 atom stereocenters. The summed E-state index contributed by atoms with van der Waals surface area (Å²) in [6, 6.07) is 10.4. The molecule has 1 N–H and O–H groups in total. The van der Waals surface area contributed by atoms with Crippen LogP contribution in [0.3, 0.4) is 0 Å². The second kappa shape index (κ2) is 8.26. The van der Waals surface area contributed by atoms with Gasteiger partial charge in [-0.25, -0.2) is 9.37 Å². The van der Waals surface area contributed by atoms with Crippen LogP contribution < -0.4 is 10.2 Å². The number of rotatable bonds is 4. The Kier molecular flexibility index (Phi) is 5.50. The molecular formula is C24H23FN4O2. The van der Waals surface area contributed by atoms with E-state index in [0.29, 0.717) is 36.3 Å². The molecule has 3 aromatic rings. The van der Waals surface area contributed by atoms with Gasteiger partial charge in [0.2, 0.25) is 0 Å². The van der Waals surface area contributed by atoms with Gasteiger partial charge in [0.25, 0.3) is 11.8 Å². The minimum atomic E-state index is -0.503. The van der Waals surface area contributed by atoms with Crippen molar-refractivity contribution in [3.8, 4) is 0 Å². The Morgan fingerprint density at radius 1 is 1.19 bits per heavy atom. The van der Waals surface area contributed by atoms with E-state index in [0.717, 1.165) is 22.3 Å². The third-order valence-electron chi connectivity index (χ3n) is 5.54. The number of hydrogen-bond acceptors (Lipinski definition) is 4. The molecule has 2 amide bonds. The average molecular weight is 418 g/mol. The monoisotopic (exact) mass is 418 g/mol. The predicted octanol–water partition coefficient (Wildman–Crippen LogP) is 3.39. The number of nitrogens with one attached hydrogen (secondary N) is 1. The van der Waals surface area contributed by atoms with Crippen molar-refractivity contribution in [2.24, 2.45) is 0 Å². The number of pyridine rings is 2. The van der Waals surface area contributed by atoms with Crippen molar-refractivity contribution in [3.63, 3.8) is 0 Å². The number of benzene rings is 1. The Labute approximate surface area is 180 Å². The van der Waals surface area contributed by atoms with Gasteiger partial charge in [0, 0.05) is 31.0 Å². The SMILES string of the molecule is CNC(=O)c1ccc(Cc2cc3c(cc2C)CCN(c2nc(C)ccc2F)C3=O)cn1. The lowest BCUT2D eigenvalue weighted by atomic mass is 9.91. The summed E-state index contributed by atoms with van der Waals surface area (Å²) in [5, 5.41) is 2.55. The molecule has 0 radical (unpaired) electrons. The van der Waals surface area contributed by atoms with Gasteiger partial charge in [-0.15, -0.1) is 0 Å². The number of aryl methyl sites for hydroxylation is 2. The van der Waals surface area contributed by atoms with E-state index in [1.165, 1.54) is 11.0 Å². The van der Waals surface area contributed by atoms with Gasteiger partial charge in [-0.3, -0.25) is 19.5 Å². The molecule has 1 aliphatic heterocycles. The number of carbonyl (C=O) groups is 2. The molecule has 7 heteroatoms. The fourth-order valence-corrected chi connectivity index (χ4v) is 3.82. The van der Waals surface area contributed by atoms with E-state index in [4.69, 9.17) is 0 Å². The average Bonchev–Trinajstić information content (AvgIpc) is 2.77. The molecule has 0 fully saturated rings. The highest BCUT2D eigenvalue weighted by atomic mass is 19.1. The first-order chi connectivity index (χ1) is 14.9. The molecular weight excluding hydrogens is 395 g/mol. The van der Waals surface area contributed by atoms with E-state index in [9.17, 15) is 14.0 Å². The molecule has 158 valence electrons. The van der Waals surface area contributed by atoms with Crippen molar-refractivity contribution in [1.82, 2.24) is 15.3 Å². The molecule has 6 nitrogen and oxygen atoms in total. The Morgan fingerprint density at radius 3 is 2.71 bits per heavy atom. The summed E-state index contributed by atoms with van der Waals surface area (Å²) in [4.78, 5) is 34.8. The van der Waals surface area contributed by atoms with Crippen LogP contribution in [0.5, 0.6) is 0 Å². The molecule has 0 saturated carbocycles. The second-order valence-corrected chi connectivity index (χ2v) is 7.71. The van der Waals surface area contributed by atoms with Crippen LogP contribution in [0.1, 0.15) is 48.8 Å². The van der Waals surface area contributed by atoms with E-state index in [2.05, 4.69) is 15.3 Å². The minimum absolute atomic E-state index is 0.0757. The van der Waals surface area contributed by atoms with Crippen LogP contribution in [0.2, 0.25) is 0 Å². The van der Waals surface area contributed by atoms with E-state index in [1.54, 1.807) is 32.3 Å². The van der Waals surface area contributed by atoms with E-state index < -0.39 is 5.82 Å². The molecule has 1 aliphatic rings. The molecule has 0 aliphatic carbocycles. The maximum atomic E-state index is 14.4. The molecule has 4 rings (SSSR count). The van der Waals surface area contributed by atoms with Gasteiger partial charge in [0.1, 0.15) is 5.69 Å². The number of carbonyl (C=O) groups excluding carboxylic acids is 2. The molecule has 0 saturated heterocycles. The van der Waals surface area contributed by atoms with Crippen molar-refractivity contribution in [3.05, 3.63) is 87.6 Å². The van der Waals surface area contributed by atoms with Gasteiger partial charge >= 0.3 is 0 Å². The Morgan fingerprint density at radius 2 is 2.00 bits per heavy atom. The molecule has 0 bridgehead atoms. The summed E-state index contributed by atoms with van der Waals surface area (Å²) in [6.45, 7) is 4.18. The standard InChI is InChI=1S/C24H23FN4O2/c1-14-10-17-8-9-29(22-20(25)6-4-15(2)28-22)24(31)19(17)12-18(14)11-16-5-7-21(27-13-16)23(30)26-3/h4-7,10,12-13H,8-9,11H2,1-3H3,(H,26,30). The number of amides is 2. The summed E-state index contributed by atoms with van der Waals surface area (Å²) >= 11 is 0. The molecule has 2 aromatic heterocycles. The number of fused-ring (bicyclic) bond motifs is 1. The van der Waals surface area contributed by atoms with Crippen LogP contribution in [-0.4, -0.2) is 35.4 Å². The smallest absolute Gasteiger partial charge is 0.269 e. The summed E-state index contributed by atoms with van der Waals surface area (Å²) in [5.74, 6) is -0.907. The summed E-state index contributed by atoms with van der Waals surface area (Å²) < 4.78 is 14.4. The van der Waals surface area contributed by atoms with E-state index in [1.807, 2.05) is 25.1 Å². The highest BCUT2D eigenvalue weighted by Crippen LogP contribution is 2.28. The first kappa shape index (κ1) is 20.7. The number of hydrogen-bond donors (Lipinski definition) is 1. The van der Waals surface area contributed by atoms with Crippen molar-refractivity contribution in [2.75, 3.05) is 18.5 Å². The maximum Gasteiger partial charge on any atom is 0.269 e. The van der Waals surface area contributed by atoms with E-state index in [-0.39, 0.29) is 17.6 Å². The van der Waals surface area contributed by atoms with Gasteiger partial charge in [0.15, 0.2) is 11.6 Å². The topological polar surface area (TPSA) is 75.2 Å². The summed E-state index contributed by atoms with van der Waals surface area (Å²) in [6.07, 6.45) is 2.88. The molecule has 31 heavy (non-hydrogen) atoms. The fraction of sp³-hybridized carbons (Fsp3) is 0.250. The van der Waals surface area contributed by atoms with Crippen molar-refractivity contribution in [1.29, 1.82) is 0 Å². The summed E-state index contributed by atoms with van der Waals surface area (Å²) in [5.41, 5.74) is 5.55. The number of halogens is 1. The lowest BCUT2D eigenvalue weighted by molar-refractivity contribution is 0.0955. The Bertz CT molecular complexity index is 1170. The number of nitrogens with zero attached hydrogens (tertiary/aromatic N) is 3. The van der Waals surface area contributed by atoms with Gasteiger partial charge in [-0.05, 0) is 73.2 Å². The molecule has 0 unspecified atom stereocenters. The van der Waals surface area contributed by atoms with Crippen LogP contribution >= 0.6 is 0 Å². The zero-order valence-electron chi connectivity index (χ0n) is 17.7. The fourth-order valence-electron chi connectivity index (χ4n) is 3.82. The first-order valence-corrected chi connectivity index (χ1v) is 10.1. The Balaban J connectivity index is 1.64. The summed E-state index contributed by atoms with van der Waals surface area (Å²) in [7, 11) is 1.56. The first-order valence-electron chi connectivity index (χ1n) is 10.1. The molecule has 3 heterocycles. The normalized spacial score (nSPS) is 13.2. The van der Waals surface area contributed by atoms with Crippen molar-refractivity contribution in [2.45, 2.75) is 26.7 Å².